The van der Waals surface area contributed by atoms with Gasteiger partial charge in [0.05, 0.1) is 17.9 Å². The van der Waals surface area contributed by atoms with E-state index in [0.29, 0.717) is 0 Å². The highest BCUT2D eigenvalue weighted by molar-refractivity contribution is 9.10. The van der Waals surface area contributed by atoms with Gasteiger partial charge in [-0.25, -0.2) is 0 Å². The Hall–Kier alpha value is -1.00. The molecule has 1 heterocycles. The summed E-state index contributed by atoms with van der Waals surface area (Å²) in [6, 6.07) is 10.4. The molecule has 1 aromatic carbocycles. The summed E-state index contributed by atoms with van der Waals surface area (Å²) in [5.74, 6) is 0. The molecule has 4 heteroatoms. The van der Waals surface area contributed by atoms with E-state index in [1.54, 1.807) is 11.3 Å². The number of hydrogen-bond donors (Lipinski definition) is 1. The third-order valence-electron chi connectivity index (χ3n) is 2.52. The van der Waals surface area contributed by atoms with Crippen molar-refractivity contribution in [2.75, 3.05) is 24.3 Å². The van der Waals surface area contributed by atoms with E-state index < -0.39 is 0 Å². The van der Waals surface area contributed by atoms with Crippen molar-refractivity contribution in [3.8, 4) is 0 Å². The van der Waals surface area contributed by atoms with Gasteiger partial charge in [-0.3, -0.25) is 0 Å². The lowest BCUT2D eigenvalue weighted by Gasteiger charge is -2.18. The van der Waals surface area contributed by atoms with Gasteiger partial charge in [-0.2, -0.15) is 0 Å². The van der Waals surface area contributed by atoms with Crippen LogP contribution in [0.5, 0.6) is 0 Å². The van der Waals surface area contributed by atoms with E-state index in [4.69, 9.17) is 0 Å². The lowest BCUT2D eigenvalue weighted by molar-refractivity contribution is 1.11. The van der Waals surface area contributed by atoms with Gasteiger partial charge in [-0.05, 0) is 39.5 Å². The Bertz CT molecular complexity index is 494. The molecule has 90 valence electrons. The Labute approximate surface area is 114 Å². The number of anilines is 2. The Morgan fingerprint density at radius 2 is 2.00 bits per heavy atom. The summed E-state index contributed by atoms with van der Waals surface area (Å²) >= 11 is 5.31. The van der Waals surface area contributed by atoms with Crippen LogP contribution in [0, 0.1) is 0 Å². The lowest BCUT2D eigenvalue weighted by Crippen LogP contribution is -2.11. The molecule has 0 radical (unpaired) electrons. The molecule has 0 atom stereocenters. The highest BCUT2D eigenvalue weighted by Gasteiger charge is 2.05. The molecule has 2 nitrogen and oxygen atoms in total. The van der Waals surface area contributed by atoms with Crippen LogP contribution in [0.15, 0.2) is 40.2 Å². The molecule has 0 spiro atoms. The van der Waals surface area contributed by atoms with Gasteiger partial charge in [0.25, 0.3) is 0 Å². The first-order valence-electron chi connectivity index (χ1n) is 5.40. The summed E-state index contributed by atoms with van der Waals surface area (Å²) in [6.45, 7) is 0.850. The molecule has 1 N–H and O–H groups in total. The van der Waals surface area contributed by atoms with Crippen LogP contribution in [-0.2, 0) is 6.54 Å². The molecule has 1 aromatic heterocycles. The summed E-state index contributed by atoms with van der Waals surface area (Å²) in [5.41, 5.74) is 2.37. The second-order valence-corrected chi connectivity index (χ2v) is 5.81. The zero-order chi connectivity index (χ0) is 12.3. The summed E-state index contributed by atoms with van der Waals surface area (Å²) in [5, 5.41) is 5.57. The van der Waals surface area contributed by atoms with E-state index in [1.807, 2.05) is 0 Å². The quantitative estimate of drug-likeness (QED) is 0.911. The molecule has 0 bridgehead atoms. The number of rotatable bonds is 4. The van der Waals surface area contributed by atoms with Crippen LogP contribution in [0.3, 0.4) is 0 Å². The van der Waals surface area contributed by atoms with Crippen LogP contribution >= 0.6 is 27.3 Å². The number of hydrogen-bond acceptors (Lipinski definition) is 3. The van der Waals surface area contributed by atoms with E-state index in [1.165, 1.54) is 15.0 Å². The number of nitrogens with zero attached hydrogens (tertiary/aromatic N) is 1. The summed E-state index contributed by atoms with van der Waals surface area (Å²) in [6.07, 6.45) is 0. The molecule has 0 saturated heterocycles. The van der Waals surface area contributed by atoms with Gasteiger partial charge in [0, 0.05) is 23.4 Å². The smallest absolute Gasteiger partial charge is 0.0596 e. The monoisotopic (exact) mass is 310 g/mol. The third kappa shape index (κ3) is 3.01. The third-order valence-corrected chi connectivity index (χ3v) is 4.44. The average Bonchev–Trinajstić information content (AvgIpc) is 2.72. The van der Waals surface area contributed by atoms with Gasteiger partial charge in [-0.1, -0.05) is 12.1 Å². The Morgan fingerprint density at radius 3 is 2.65 bits per heavy atom. The standard InChI is InChI=1S/C13H15BrN2S/c1-16(2)12-6-4-3-5-11(12)15-9-13-10(14)7-8-17-13/h3-8,15H,9H2,1-2H3. The van der Waals surface area contributed by atoms with Crippen LogP contribution in [0.25, 0.3) is 0 Å². The van der Waals surface area contributed by atoms with Crippen LogP contribution in [0.2, 0.25) is 0 Å². The predicted molar refractivity (Wildman–Crippen MR) is 80.1 cm³/mol. The minimum Gasteiger partial charge on any atom is -0.378 e. The van der Waals surface area contributed by atoms with Gasteiger partial charge >= 0.3 is 0 Å². The largest absolute Gasteiger partial charge is 0.378 e. The van der Waals surface area contributed by atoms with Gasteiger partial charge in [0.15, 0.2) is 0 Å². The normalized spacial score (nSPS) is 10.3. The summed E-state index contributed by atoms with van der Waals surface area (Å²) in [4.78, 5) is 3.43. The van der Waals surface area contributed by atoms with Crippen molar-refractivity contribution in [1.29, 1.82) is 0 Å². The highest BCUT2D eigenvalue weighted by atomic mass is 79.9. The number of thiophene rings is 1. The van der Waals surface area contributed by atoms with Crippen molar-refractivity contribution in [3.05, 3.63) is 45.1 Å². The van der Waals surface area contributed by atoms with Crippen molar-refractivity contribution >= 4 is 38.6 Å². The topological polar surface area (TPSA) is 15.3 Å². The van der Waals surface area contributed by atoms with Crippen LogP contribution < -0.4 is 10.2 Å². The summed E-state index contributed by atoms with van der Waals surface area (Å²) in [7, 11) is 4.11. The van der Waals surface area contributed by atoms with Crippen molar-refractivity contribution in [3.63, 3.8) is 0 Å². The molecule has 0 aliphatic rings. The minimum atomic E-state index is 0.850. The summed E-state index contributed by atoms with van der Waals surface area (Å²) < 4.78 is 1.18. The van der Waals surface area contributed by atoms with E-state index in [-0.39, 0.29) is 0 Å². The van der Waals surface area contributed by atoms with E-state index in [9.17, 15) is 0 Å². The molecule has 0 unspecified atom stereocenters. The van der Waals surface area contributed by atoms with E-state index in [2.05, 4.69) is 76.0 Å². The average molecular weight is 311 g/mol. The van der Waals surface area contributed by atoms with Crippen molar-refractivity contribution in [2.45, 2.75) is 6.54 Å². The Balaban J connectivity index is 2.11. The number of halogens is 1. The number of benzene rings is 1. The fraction of sp³-hybridized carbons (Fsp3) is 0.231. The van der Waals surface area contributed by atoms with E-state index >= 15 is 0 Å². The number of para-hydroxylation sites is 2. The van der Waals surface area contributed by atoms with Crippen molar-refractivity contribution in [1.82, 2.24) is 0 Å². The SMILES string of the molecule is CN(C)c1ccccc1NCc1sccc1Br. The fourth-order valence-corrected chi connectivity index (χ4v) is 3.07. The molecule has 2 aromatic rings. The maximum absolute atomic E-state index is 3.55. The highest BCUT2D eigenvalue weighted by Crippen LogP contribution is 2.27. The lowest BCUT2D eigenvalue weighted by atomic mass is 10.2. The molecule has 2 rings (SSSR count). The molecule has 0 aliphatic carbocycles. The van der Waals surface area contributed by atoms with Crippen LogP contribution in [0.1, 0.15) is 4.88 Å². The van der Waals surface area contributed by atoms with Gasteiger partial charge < -0.3 is 10.2 Å². The second-order valence-electron chi connectivity index (χ2n) is 3.96. The predicted octanol–water partition coefficient (Wildman–Crippen LogP) is 4.19. The van der Waals surface area contributed by atoms with Crippen molar-refractivity contribution < 1.29 is 0 Å². The van der Waals surface area contributed by atoms with Crippen LogP contribution in [-0.4, -0.2) is 14.1 Å². The molecular weight excluding hydrogens is 296 g/mol. The van der Waals surface area contributed by atoms with Crippen molar-refractivity contribution in [2.24, 2.45) is 0 Å². The Kier molecular flexibility index (Phi) is 4.07. The molecule has 0 fully saturated rings. The zero-order valence-electron chi connectivity index (χ0n) is 9.90. The molecule has 0 amide bonds. The second kappa shape index (κ2) is 5.56. The van der Waals surface area contributed by atoms with Gasteiger partial charge in [0.2, 0.25) is 0 Å². The first kappa shape index (κ1) is 12.5. The maximum atomic E-state index is 3.55. The number of nitrogens with one attached hydrogen (secondary N) is 1. The molecule has 0 saturated carbocycles. The van der Waals surface area contributed by atoms with Gasteiger partial charge in [0.1, 0.15) is 0 Å². The molecule has 0 aliphatic heterocycles. The molecular formula is C13H15BrN2S. The Morgan fingerprint density at radius 1 is 1.24 bits per heavy atom. The first-order chi connectivity index (χ1) is 8.18. The maximum Gasteiger partial charge on any atom is 0.0596 e. The van der Waals surface area contributed by atoms with Gasteiger partial charge in [-0.15, -0.1) is 11.3 Å². The molecule has 17 heavy (non-hydrogen) atoms. The van der Waals surface area contributed by atoms with Crippen LogP contribution in [0.4, 0.5) is 11.4 Å². The fourth-order valence-electron chi connectivity index (χ4n) is 1.64. The first-order valence-corrected chi connectivity index (χ1v) is 7.08. The zero-order valence-corrected chi connectivity index (χ0v) is 12.3. The minimum absolute atomic E-state index is 0.850. The van der Waals surface area contributed by atoms with E-state index in [0.717, 1.165) is 12.2 Å².